The molecule has 2 amide bonds. The average molecular weight is 415 g/mol. The summed E-state index contributed by atoms with van der Waals surface area (Å²) in [5.74, 6) is -0.210. The summed E-state index contributed by atoms with van der Waals surface area (Å²) in [6.45, 7) is 4.49. The van der Waals surface area contributed by atoms with Crippen molar-refractivity contribution in [2.45, 2.75) is 39.5 Å². The van der Waals surface area contributed by atoms with Gasteiger partial charge in [0.2, 0.25) is 5.91 Å². The second kappa shape index (κ2) is 9.04. The molecule has 158 valence electrons. The average Bonchev–Trinajstić information content (AvgIpc) is 2.79. The highest BCUT2D eigenvalue weighted by molar-refractivity contribution is 5.97. The third-order valence-electron chi connectivity index (χ3n) is 5.63. The Labute approximate surface area is 182 Å². The van der Waals surface area contributed by atoms with Gasteiger partial charge in [0.25, 0.3) is 0 Å². The van der Waals surface area contributed by atoms with Crippen LogP contribution in [0, 0.1) is 13.8 Å². The molecule has 1 aliphatic heterocycles. The first-order valence-corrected chi connectivity index (χ1v) is 10.4. The fourth-order valence-corrected chi connectivity index (χ4v) is 3.92. The Hall–Kier alpha value is -3.60. The lowest BCUT2D eigenvalue weighted by Crippen LogP contribution is -2.50. The van der Waals surface area contributed by atoms with Crippen molar-refractivity contribution in [3.63, 3.8) is 0 Å². The van der Waals surface area contributed by atoms with Crippen LogP contribution >= 0.6 is 0 Å². The second-order valence-electron chi connectivity index (χ2n) is 7.96. The molecule has 0 spiro atoms. The van der Waals surface area contributed by atoms with Gasteiger partial charge in [0.05, 0.1) is 6.54 Å². The predicted molar refractivity (Wildman–Crippen MR) is 121 cm³/mol. The summed E-state index contributed by atoms with van der Waals surface area (Å²) in [5, 5.41) is 3.01. The molecule has 3 aromatic rings. The number of aryl methyl sites for hydroxylation is 2. The zero-order chi connectivity index (χ0) is 21.8. The van der Waals surface area contributed by atoms with Crippen LogP contribution in [0.4, 0.5) is 10.5 Å². The number of ether oxygens (including phenoxy) is 1. The van der Waals surface area contributed by atoms with Crippen LogP contribution in [-0.2, 0) is 29.1 Å². The van der Waals surface area contributed by atoms with E-state index in [1.54, 1.807) is 0 Å². The van der Waals surface area contributed by atoms with Gasteiger partial charge in [0.15, 0.2) is 0 Å². The number of fused-ring (bicyclic) bond motifs is 1. The number of rotatable bonds is 4. The van der Waals surface area contributed by atoms with Crippen LogP contribution in [0.2, 0.25) is 0 Å². The minimum absolute atomic E-state index is 0.170. The van der Waals surface area contributed by atoms with Crippen LogP contribution in [0.1, 0.15) is 27.8 Å². The summed E-state index contributed by atoms with van der Waals surface area (Å²) in [4.78, 5) is 27.8. The molecular weight excluding hydrogens is 388 g/mol. The fourth-order valence-electron chi connectivity index (χ4n) is 3.92. The van der Waals surface area contributed by atoms with E-state index in [1.807, 2.05) is 86.6 Å². The maximum Gasteiger partial charge on any atom is 0.411 e. The summed E-state index contributed by atoms with van der Waals surface area (Å²) in [7, 11) is 0. The van der Waals surface area contributed by atoms with Gasteiger partial charge in [-0.15, -0.1) is 0 Å². The normalized spacial score (nSPS) is 15.2. The monoisotopic (exact) mass is 414 g/mol. The van der Waals surface area contributed by atoms with Crippen LogP contribution in [0.5, 0.6) is 0 Å². The van der Waals surface area contributed by atoms with Gasteiger partial charge in [0.1, 0.15) is 12.6 Å². The molecule has 31 heavy (non-hydrogen) atoms. The van der Waals surface area contributed by atoms with E-state index < -0.39 is 12.1 Å². The van der Waals surface area contributed by atoms with Gasteiger partial charge < -0.3 is 10.1 Å². The lowest BCUT2D eigenvalue weighted by atomic mass is 9.93. The molecule has 0 radical (unpaired) electrons. The number of hydrogen-bond donors (Lipinski definition) is 1. The molecule has 1 atom stereocenters. The van der Waals surface area contributed by atoms with Crippen LogP contribution < -0.4 is 5.32 Å². The van der Waals surface area contributed by atoms with Gasteiger partial charge in [0, 0.05) is 12.1 Å². The summed E-state index contributed by atoms with van der Waals surface area (Å²) >= 11 is 0. The van der Waals surface area contributed by atoms with E-state index in [4.69, 9.17) is 4.74 Å². The molecule has 0 aromatic heterocycles. The number of nitrogens with one attached hydrogen (secondary N) is 1. The molecule has 1 aliphatic rings. The van der Waals surface area contributed by atoms with Gasteiger partial charge in [-0.05, 0) is 42.2 Å². The van der Waals surface area contributed by atoms with Crippen molar-refractivity contribution in [1.82, 2.24) is 4.90 Å². The van der Waals surface area contributed by atoms with E-state index in [2.05, 4.69) is 5.32 Å². The number of carbonyl (C=O) groups is 2. The molecule has 5 nitrogen and oxygen atoms in total. The van der Waals surface area contributed by atoms with Crippen molar-refractivity contribution < 1.29 is 14.3 Å². The number of hydrogen-bond acceptors (Lipinski definition) is 3. The van der Waals surface area contributed by atoms with Crippen molar-refractivity contribution in [3.8, 4) is 0 Å². The molecule has 1 N–H and O–H groups in total. The highest BCUT2D eigenvalue weighted by Crippen LogP contribution is 2.26. The van der Waals surface area contributed by atoms with Crippen LogP contribution in [0.15, 0.2) is 72.8 Å². The fraction of sp³-hybridized carbons (Fsp3) is 0.231. The largest absolute Gasteiger partial charge is 0.445 e. The van der Waals surface area contributed by atoms with Gasteiger partial charge in [-0.25, -0.2) is 4.79 Å². The number of anilines is 1. The maximum absolute atomic E-state index is 13.2. The molecule has 0 unspecified atom stereocenters. The predicted octanol–water partition coefficient (Wildman–Crippen LogP) is 5.01. The lowest BCUT2D eigenvalue weighted by Gasteiger charge is -2.35. The molecular formula is C26H26N2O3. The Morgan fingerprint density at radius 2 is 1.68 bits per heavy atom. The number of carbonyl (C=O) groups excluding carboxylic acids is 2. The lowest BCUT2D eigenvalue weighted by molar-refractivity contribution is -0.121. The van der Waals surface area contributed by atoms with Crippen LogP contribution in [-0.4, -0.2) is 22.9 Å². The van der Waals surface area contributed by atoms with Gasteiger partial charge in [-0.3, -0.25) is 9.69 Å². The van der Waals surface area contributed by atoms with Gasteiger partial charge >= 0.3 is 6.09 Å². The number of benzene rings is 3. The van der Waals surface area contributed by atoms with E-state index in [0.717, 1.165) is 33.5 Å². The molecule has 5 heteroatoms. The van der Waals surface area contributed by atoms with E-state index in [-0.39, 0.29) is 12.5 Å². The van der Waals surface area contributed by atoms with Gasteiger partial charge in [-0.1, -0.05) is 72.3 Å². The molecule has 3 aromatic carbocycles. The topological polar surface area (TPSA) is 58.6 Å². The molecule has 0 fully saturated rings. The first-order valence-electron chi connectivity index (χ1n) is 10.4. The standard InChI is InChI=1S/C26H26N2O3/c1-18-12-13-23(19(2)14-18)27-25(29)24-15-21-10-6-7-11-22(21)16-28(24)26(30)31-17-20-8-4-3-5-9-20/h3-14,24H,15-17H2,1-2H3,(H,27,29)/t24-/m0/s1. The Morgan fingerprint density at radius 3 is 2.42 bits per heavy atom. The SMILES string of the molecule is Cc1ccc(NC(=O)[C@@H]2Cc3ccccc3CN2C(=O)OCc2ccccc2)c(C)c1. The molecule has 4 rings (SSSR count). The van der Waals surface area contributed by atoms with Crippen LogP contribution in [0.3, 0.4) is 0 Å². The second-order valence-corrected chi connectivity index (χ2v) is 7.96. The molecule has 0 saturated heterocycles. The summed E-state index contributed by atoms with van der Waals surface area (Å²) < 4.78 is 5.56. The minimum Gasteiger partial charge on any atom is -0.445 e. The van der Waals surface area contributed by atoms with E-state index in [0.29, 0.717) is 13.0 Å². The highest BCUT2D eigenvalue weighted by atomic mass is 16.6. The Balaban J connectivity index is 1.54. The van der Waals surface area contributed by atoms with Crippen LogP contribution in [0.25, 0.3) is 0 Å². The number of nitrogens with zero attached hydrogens (tertiary/aromatic N) is 1. The zero-order valence-corrected chi connectivity index (χ0v) is 17.8. The van der Waals surface area contributed by atoms with Crippen molar-refractivity contribution in [3.05, 3.63) is 101 Å². The quantitative estimate of drug-likeness (QED) is 0.653. The highest BCUT2D eigenvalue weighted by Gasteiger charge is 2.35. The Morgan fingerprint density at radius 1 is 0.968 bits per heavy atom. The van der Waals surface area contributed by atoms with E-state index in [9.17, 15) is 9.59 Å². The van der Waals surface area contributed by atoms with E-state index in [1.165, 1.54) is 4.90 Å². The summed E-state index contributed by atoms with van der Waals surface area (Å²) in [5.41, 5.74) is 5.90. The summed E-state index contributed by atoms with van der Waals surface area (Å²) in [6, 6.07) is 22.7. The molecule has 0 bridgehead atoms. The molecule has 0 saturated carbocycles. The maximum atomic E-state index is 13.2. The third-order valence-corrected chi connectivity index (χ3v) is 5.63. The van der Waals surface area contributed by atoms with Gasteiger partial charge in [-0.2, -0.15) is 0 Å². The molecule has 1 heterocycles. The number of amides is 2. The van der Waals surface area contributed by atoms with Crippen molar-refractivity contribution in [2.24, 2.45) is 0 Å². The van der Waals surface area contributed by atoms with Crippen molar-refractivity contribution >= 4 is 17.7 Å². The summed E-state index contributed by atoms with van der Waals surface area (Å²) in [6.07, 6.45) is -0.0352. The van der Waals surface area contributed by atoms with Crippen molar-refractivity contribution in [2.75, 3.05) is 5.32 Å². The third kappa shape index (κ3) is 4.77. The molecule has 0 aliphatic carbocycles. The minimum atomic E-state index is -0.640. The first kappa shape index (κ1) is 20.7. The zero-order valence-electron chi connectivity index (χ0n) is 17.8. The van der Waals surface area contributed by atoms with Crippen molar-refractivity contribution in [1.29, 1.82) is 0 Å². The Kier molecular flexibility index (Phi) is 6.03. The van der Waals surface area contributed by atoms with E-state index >= 15 is 0 Å². The first-order chi connectivity index (χ1) is 15.0. The smallest absolute Gasteiger partial charge is 0.411 e. The Bertz CT molecular complexity index is 1090.